The Morgan fingerprint density at radius 1 is 1.75 bits per heavy atom. The number of amides is 1. The first kappa shape index (κ1) is 11.0. The van der Waals surface area contributed by atoms with E-state index in [0.717, 1.165) is 0 Å². The van der Waals surface area contributed by atoms with Gasteiger partial charge in [0.1, 0.15) is 0 Å². The molecule has 3 heteroatoms. The molecular weight excluding hydrogens is 154 g/mol. The van der Waals surface area contributed by atoms with Gasteiger partial charge in [-0.15, -0.1) is 6.42 Å². The molecule has 0 rings (SSSR count). The van der Waals surface area contributed by atoms with Crippen LogP contribution in [0.2, 0.25) is 0 Å². The summed E-state index contributed by atoms with van der Waals surface area (Å²) in [5.74, 6) is 2.57. The van der Waals surface area contributed by atoms with E-state index in [1.807, 2.05) is 6.92 Å². The number of hydrogen-bond acceptors (Lipinski definition) is 2. The van der Waals surface area contributed by atoms with Crippen molar-refractivity contribution in [3.05, 3.63) is 0 Å². The lowest BCUT2D eigenvalue weighted by atomic mass is 10.1. The standard InChI is InChI=1S/C9H15NO2/c1-4-5-10-9(11)6-8(2)7-12-3/h1,8H,5-7H2,2-3H3,(H,10,11). The van der Waals surface area contributed by atoms with E-state index in [0.29, 0.717) is 19.6 Å². The molecule has 0 saturated carbocycles. The molecule has 0 aliphatic heterocycles. The van der Waals surface area contributed by atoms with Crippen molar-refractivity contribution in [3.63, 3.8) is 0 Å². The Kier molecular flexibility index (Phi) is 6.12. The van der Waals surface area contributed by atoms with Crippen LogP contribution in [0.5, 0.6) is 0 Å². The number of methoxy groups -OCH3 is 1. The second-order valence-corrected chi connectivity index (χ2v) is 2.75. The molecule has 1 atom stereocenters. The molecule has 1 amide bonds. The Bertz CT molecular complexity index is 172. The van der Waals surface area contributed by atoms with E-state index in [1.165, 1.54) is 0 Å². The first-order valence-electron chi connectivity index (χ1n) is 3.89. The van der Waals surface area contributed by atoms with Crippen molar-refractivity contribution in [2.24, 2.45) is 5.92 Å². The van der Waals surface area contributed by atoms with Gasteiger partial charge in [-0.25, -0.2) is 0 Å². The van der Waals surface area contributed by atoms with Crippen molar-refractivity contribution >= 4 is 5.91 Å². The number of rotatable bonds is 5. The molecule has 3 nitrogen and oxygen atoms in total. The molecule has 0 heterocycles. The van der Waals surface area contributed by atoms with Crippen LogP contribution in [-0.4, -0.2) is 26.2 Å². The summed E-state index contributed by atoms with van der Waals surface area (Å²) >= 11 is 0. The van der Waals surface area contributed by atoms with Gasteiger partial charge >= 0.3 is 0 Å². The van der Waals surface area contributed by atoms with Gasteiger partial charge in [0.05, 0.1) is 6.54 Å². The molecule has 1 unspecified atom stereocenters. The average Bonchev–Trinajstić information content (AvgIpc) is 2.01. The fraction of sp³-hybridized carbons (Fsp3) is 0.667. The number of nitrogens with one attached hydrogen (secondary N) is 1. The highest BCUT2D eigenvalue weighted by molar-refractivity contribution is 5.76. The van der Waals surface area contributed by atoms with Gasteiger partial charge in [0.15, 0.2) is 0 Å². The van der Waals surface area contributed by atoms with E-state index in [2.05, 4.69) is 11.2 Å². The van der Waals surface area contributed by atoms with Crippen LogP contribution < -0.4 is 5.32 Å². The summed E-state index contributed by atoms with van der Waals surface area (Å²) in [5.41, 5.74) is 0. The lowest BCUT2D eigenvalue weighted by Gasteiger charge is -2.08. The lowest BCUT2D eigenvalue weighted by Crippen LogP contribution is -2.26. The molecule has 0 radical (unpaired) electrons. The average molecular weight is 169 g/mol. The van der Waals surface area contributed by atoms with E-state index in [1.54, 1.807) is 7.11 Å². The number of terminal acetylenes is 1. The zero-order chi connectivity index (χ0) is 9.40. The fourth-order valence-corrected chi connectivity index (χ4v) is 0.882. The highest BCUT2D eigenvalue weighted by Crippen LogP contribution is 2.00. The molecule has 0 spiro atoms. The van der Waals surface area contributed by atoms with Gasteiger partial charge < -0.3 is 10.1 Å². The molecule has 0 bridgehead atoms. The van der Waals surface area contributed by atoms with Crippen molar-refractivity contribution in [1.29, 1.82) is 0 Å². The highest BCUT2D eigenvalue weighted by Gasteiger charge is 2.07. The molecule has 0 aromatic carbocycles. The van der Waals surface area contributed by atoms with Crippen LogP contribution in [0.25, 0.3) is 0 Å². The summed E-state index contributed by atoms with van der Waals surface area (Å²) in [4.78, 5) is 11.0. The third-order valence-corrected chi connectivity index (χ3v) is 1.37. The predicted octanol–water partition coefficient (Wildman–Crippen LogP) is 0.408. The van der Waals surface area contributed by atoms with Crippen LogP contribution in [0.4, 0.5) is 0 Å². The summed E-state index contributed by atoms with van der Waals surface area (Å²) in [6.07, 6.45) is 5.44. The Balaban J connectivity index is 3.48. The third kappa shape index (κ3) is 5.75. The van der Waals surface area contributed by atoms with Crippen LogP contribution in [-0.2, 0) is 9.53 Å². The Morgan fingerprint density at radius 3 is 2.92 bits per heavy atom. The molecule has 0 aliphatic carbocycles. The lowest BCUT2D eigenvalue weighted by molar-refractivity contribution is -0.122. The molecule has 0 fully saturated rings. The van der Waals surface area contributed by atoms with E-state index in [-0.39, 0.29) is 11.8 Å². The quantitative estimate of drug-likeness (QED) is 0.605. The predicted molar refractivity (Wildman–Crippen MR) is 47.5 cm³/mol. The van der Waals surface area contributed by atoms with Crippen molar-refractivity contribution < 1.29 is 9.53 Å². The normalized spacial score (nSPS) is 11.8. The maximum absolute atomic E-state index is 11.0. The largest absolute Gasteiger partial charge is 0.384 e. The van der Waals surface area contributed by atoms with Crippen LogP contribution in [0, 0.1) is 18.3 Å². The van der Waals surface area contributed by atoms with Gasteiger partial charge in [0.25, 0.3) is 0 Å². The summed E-state index contributed by atoms with van der Waals surface area (Å²) in [5, 5.41) is 2.59. The minimum Gasteiger partial charge on any atom is -0.384 e. The maximum atomic E-state index is 11.0. The van der Waals surface area contributed by atoms with Crippen molar-refractivity contribution in [2.45, 2.75) is 13.3 Å². The van der Waals surface area contributed by atoms with Gasteiger partial charge in [-0.3, -0.25) is 4.79 Å². The van der Waals surface area contributed by atoms with Crippen LogP contribution in [0.15, 0.2) is 0 Å². The van der Waals surface area contributed by atoms with Gasteiger partial charge in [-0.1, -0.05) is 12.8 Å². The van der Waals surface area contributed by atoms with E-state index in [4.69, 9.17) is 11.2 Å². The maximum Gasteiger partial charge on any atom is 0.221 e. The van der Waals surface area contributed by atoms with E-state index >= 15 is 0 Å². The topological polar surface area (TPSA) is 38.3 Å². The molecular formula is C9H15NO2. The second kappa shape index (κ2) is 6.68. The molecule has 0 aromatic heterocycles. The van der Waals surface area contributed by atoms with Gasteiger partial charge in [-0.05, 0) is 5.92 Å². The van der Waals surface area contributed by atoms with E-state index in [9.17, 15) is 4.79 Å². The van der Waals surface area contributed by atoms with Gasteiger partial charge in [0.2, 0.25) is 5.91 Å². The SMILES string of the molecule is C#CCNC(=O)CC(C)COC. The van der Waals surface area contributed by atoms with Crippen molar-refractivity contribution in [1.82, 2.24) is 5.32 Å². The second-order valence-electron chi connectivity index (χ2n) is 2.75. The van der Waals surface area contributed by atoms with Crippen molar-refractivity contribution in [3.8, 4) is 12.3 Å². The smallest absolute Gasteiger partial charge is 0.221 e. The van der Waals surface area contributed by atoms with Crippen LogP contribution in [0.3, 0.4) is 0 Å². The Hall–Kier alpha value is -1.01. The van der Waals surface area contributed by atoms with Gasteiger partial charge in [0, 0.05) is 20.1 Å². The Labute approximate surface area is 73.5 Å². The first-order valence-corrected chi connectivity index (χ1v) is 3.89. The highest BCUT2D eigenvalue weighted by atomic mass is 16.5. The summed E-state index contributed by atoms with van der Waals surface area (Å²) in [6.45, 7) is 2.86. The summed E-state index contributed by atoms with van der Waals surface area (Å²) in [6, 6.07) is 0. The van der Waals surface area contributed by atoms with Crippen LogP contribution >= 0.6 is 0 Å². The summed E-state index contributed by atoms with van der Waals surface area (Å²) < 4.78 is 4.89. The van der Waals surface area contributed by atoms with Gasteiger partial charge in [-0.2, -0.15) is 0 Å². The summed E-state index contributed by atoms with van der Waals surface area (Å²) in [7, 11) is 1.62. The molecule has 68 valence electrons. The fourth-order valence-electron chi connectivity index (χ4n) is 0.882. The molecule has 0 saturated heterocycles. The first-order chi connectivity index (χ1) is 5.70. The zero-order valence-corrected chi connectivity index (χ0v) is 7.59. The number of carbonyl (C=O) groups is 1. The van der Waals surface area contributed by atoms with Crippen molar-refractivity contribution in [2.75, 3.05) is 20.3 Å². The molecule has 0 aromatic rings. The third-order valence-electron chi connectivity index (χ3n) is 1.37. The number of hydrogen-bond donors (Lipinski definition) is 1. The molecule has 12 heavy (non-hydrogen) atoms. The molecule has 1 N–H and O–H groups in total. The van der Waals surface area contributed by atoms with Crippen LogP contribution in [0.1, 0.15) is 13.3 Å². The minimum atomic E-state index is -0.0162. The zero-order valence-electron chi connectivity index (χ0n) is 7.59. The molecule has 0 aliphatic rings. The Morgan fingerprint density at radius 2 is 2.42 bits per heavy atom. The minimum absolute atomic E-state index is 0.0162. The monoisotopic (exact) mass is 169 g/mol. The van der Waals surface area contributed by atoms with E-state index < -0.39 is 0 Å². The number of carbonyl (C=O) groups excluding carboxylic acids is 1. The number of ether oxygens (including phenoxy) is 1.